The van der Waals surface area contributed by atoms with E-state index in [2.05, 4.69) is 62.1 Å². The molecule has 3 aromatic carbocycles. The first kappa shape index (κ1) is 25.3. The zero-order valence-corrected chi connectivity index (χ0v) is 21.4. The number of Topliss-reactive ketones (excluding diaryl/α,β-unsaturated/α-hetero) is 1. The summed E-state index contributed by atoms with van der Waals surface area (Å²) >= 11 is 0. The van der Waals surface area contributed by atoms with E-state index in [0.29, 0.717) is 6.42 Å². The molecule has 1 heterocycles. The first-order valence-electron chi connectivity index (χ1n) is 13.0. The number of nitrogens with zero attached hydrogens (tertiary/aromatic N) is 1. The fourth-order valence-electron chi connectivity index (χ4n) is 5.36. The van der Waals surface area contributed by atoms with Gasteiger partial charge in [-0.25, -0.2) is 0 Å². The zero-order valence-electron chi connectivity index (χ0n) is 21.4. The predicted molar refractivity (Wildman–Crippen MR) is 144 cm³/mol. The van der Waals surface area contributed by atoms with Crippen molar-refractivity contribution >= 4 is 5.78 Å². The minimum absolute atomic E-state index is 0.0800. The quantitative estimate of drug-likeness (QED) is 0.378. The minimum atomic E-state index is -1.01. The van der Waals surface area contributed by atoms with E-state index in [4.69, 9.17) is 0 Å². The second-order valence-electron chi connectivity index (χ2n) is 11.0. The van der Waals surface area contributed by atoms with Crippen LogP contribution < -0.4 is 0 Å². The van der Waals surface area contributed by atoms with E-state index in [9.17, 15) is 9.90 Å². The molecule has 1 unspecified atom stereocenters. The number of likely N-dealkylation sites (tertiary alicyclic amines) is 1. The second-order valence-corrected chi connectivity index (χ2v) is 11.0. The number of benzene rings is 3. The largest absolute Gasteiger partial charge is 0.380 e. The molecule has 1 aliphatic rings. The lowest BCUT2D eigenvalue weighted by atomic mass is 9.71. The summed E-state index contributed by atoms with van der Waals surface area (Å²) in [6.45, 7) is 9.46. The van der Waals surface area contributed by atoms with Gasteiger partial charge >= 0.3 is 0 Å². The van der Waals surface area contributed by atoms with E-state index in [0.717, 1.165) is 55.6 Å². The van der Waals surface area contributed by atoms with Gasteiger partial charge in [-0.15, -0.1) is 0 Å². The lowest BCUT2D eigenvalue weighted by Crippen LogP contribution is -2.44. The molecule has 3 heteroatoms. The number of piperidine rings is 1. The predicted octanol–water partition coefficient (Wildman–Crippen LogP) is 6.60. The van der Waals surface area contributed by atoms with E-state index in [1.54, 1.807) is 0 Å². The molecule has 1 aliphatic heterocycles. The van der Waals surface area contributed by atoms with Gasteiger partial charge in [0.25, 0.3) is 0 Å². The topological polar surface area (TPSA) is 40.5 Å². The van der Waals surface area contributed by atoms with Crippen molar-refractivity contribution in [2.75, 3.05) is 19.6 Å². The Morgan fingerprint density at radius 2 is 1.31 bits per heavy atom. The number of rotatable bonds is 8. The lowest BCUT2D eigenvalue weighted by Gasteiger charge is -2.42. The van der Waals surface area contributed by atoms with Gasteiger partial charge in [-0.05, 0) is 66.9 Å². The van der Waals surface area contributed by atoms with E-state index in [-0.39, 0.29) is 17.1 Å². The molecule has 3 nitrogen and oxygen atoms in total. The molecule has 0 aliphatic carbocycles. The summed E-state index contributed by atoms with van der Waals surface area (Å²) in [6, 6.07) is 28.3. The molecular formula is C32H39NO2. The van der Waals surface area contributed by atoms with E-state index in [1.165, 1.54) is 5.56 Å². The Labute approximate surface area is 210 Å². The van der Waals surface area contributed by atoms with Crippen LogP contribution in [-0.4, -0.2) is 35.4 Å². The number of aliphatic hydroxyl groups is 1. The van der Waals surface area contributed by atoms with Crippen LogP contribution in [-0.2, 0) is 11.0 Å². The van der Waals surface area contributed by atoms with Crippen molar-refractivity contribution in [2.45, 2.75) is 57.5 Å². The third-order valence-electron chi connectivity index (χ3n) is 7.56. The summed E-state index contributed by atoms with van der Waals surface area (Å²) in [4.78, 5) is 14.9. The Bertz CT molecular complexity index is 1080. The van der Waals surface area contributed by atoms with Crippen LogP contribution in [0.15, 0.2) is 84.9 Å². The molecule has 0 radical (unpaired) electrons. The summed E-state index contributed by atoms with van der Waals surface area (Å²) in [6.07, 6.45) is 3.31. The molecule has 0 spiro atoms. The second kappa shape index (κ2) is 10.9. The first-order chi connectivity index (χ1) is 16.8. The molecular weight excluding hydrogens is 430 g/mol. The zero-order chi connectivity index (χ0) is 24.9. The molecule has 1 saturated heterocycles. The van der Waals surface area contributed by atoms with Gasteiger partial charge in [0.1, 0.15) is 5.60 Å². The highest BCUT2D eigenvalue weighted by atomic mass is 16.3. The molecule has 1 fully saturated rings. The van der Waals surface area contributed by atoms with Gasteiger partial charge in [-0.3, -0.25) is 4.79 Å². The molecule has 1 atom stereocenters. The van der Waals surface area contributed by atoms with Crippen molar-refractivity contribution < 1.29 is 9.90 Å². The highest BCUT2D eigenvalue weighted by Gasteiger charge is 2.41. The Hall–Kier alpha value is -2.75. The van der Waals surface area contributed by atoms with Crippen molar-refractivity contribution in [3.05, 3.63) is 107 Å². The molecule has 4 rings (SSSR count). The fourth-order valence-corrected chi connectivity index (χ4v) is 5.36. The fraction of sp³-hybridized carbons (Fsp3) is 0.406. The van der Waals surface area contributed by atoms with Gasteiger partial charge in [-0.2, -0.15) is 0 Å². The minimum Gasteiger partial charge on any atom is -0.380 e. The van der Waals surface area contributed by atoms with Crippen molar-refractivity contribution in [2.24, 2.45) is 5.92 Å². The van der Waals surface area contributed by atoms with E-state index < -0.39 is 5.60 Å². The van der Waals surface area contributed by atoms with Gasteiger partial charge in [0.15, 0.2) is 5.78 Å². The number of ketones is 1. The first-order valence-corrected chi connectivity index (χ1v) is 13.0. The highest BCUT2D eigenvalue weighted by molar-refractivity contribution is 5.95. The Morgan fingerprint density at radius 1 is 0.800 bits per heavy atom. The monoisotopic (exact) mass is 469 g/mol. The van der Waals surface area contributed by atoms with Crippen LogP contribution >= 0.6 is 0 Å². The summed E-state index contributed by atoms with van der Waals surface area (Å²) < 4.78 is 0. The number of carbonyl (C=O) groups excluding carboxylic acids is 1. The third-order valence-corrected chi connectivity index (χ3v) is 7.56. The molecule has 0 saturated carbocycles. The average Bonchev–Trinajstić information content (AvgIpc) is 2.89. The summed E-state index contributed by atoms with van der Waals surface area (Å²) in [5.74, 6) is 0.366. The van der Waals surface area contributed by atoms with E-state index in [1.807, 2.05) is 48.5 Å². The van der Waals surface area contributed by atoms with Crippen LogP contribution in [0.4, 0.5) is 0 Å². The van der Waals surface area contributed by atoms with Crippen LogP contribution in [0.3, 0.4) is 0 Å². The number of hydrogen-bond donors (Lipinski definition) is 1. The highest BCUT2D eigenvalue weighted by Crippen LogP contribution is 2.42. The van der Waals surface area contributed by atoms with Crippen LogP contribution in [0.2, 0.25) is 0 Å². The smallest absolute Gasteiger partial charge is 0.162 e. The number of carbonyl (C=O) groups is 1. The van der Waals surface area contributed by atoms with Crippen LogP contribution in [0, 0.1) is 5.92 Å². The summed E-state index contributed by atoms with van der Waals surface area (Å²) in [7, 11) is 0. The van der Waals surface area contributed by atoms with Gasteiger partial charge < -0.3 is 10.0 Å². The molecule has 35 heavy (non-hydrogen) atoms. The maximum Gasteiger partial charge on any atom is 0.162 e. The van der Waals surface area contributed by atoms with Gasteiger partial charge in [0, 0.05) is 12.0 Å². The van der Waals surface area contributed by atoms with Crippen molar-refractivity contribution in [1.82, 2.24) is 4.90 Å². The van der Waals surface area contributed by atoms with E-state index >= 15 is 0 Å². The Kier molecular flexibility index (Phi) is 7.88. The van der Waals surface area contributed by atoms with Crippen molar-refractivity contribution in [3.63, 3.8) is 0 Å². The SMILES string of the molecule is CC(C)(C)c1ccc(C(O)(c2ccccc2)C2CCN(CCCC(=O)c3ccccc3)CC2)cc1. The van der Waals surface area contributed by atoms with Crippen LogP contribution in [0.5, 0.6) is 0 Å². The molecule has 0 bridgehead atoms. The van der Waals surface area contributed by atoms with Crippen LogP contribution in [0.25, 0.3) is 0 Å². The van der Waals surface area contributed by atoms with Crippen molar-refractivity contribution in [3.8, 4) is 0 Å². The molecule has 3 aromatic rings. The van der Waals surface area contributed by atoms with Crippen molar-refractivity contribution in [1.29, 1.82) is 0 Å². The standard InChI is InChI=1S/C32H39NO2/c1-31(2,3)26-16-18-28(19-17-26)32(35,27-13-8-5-9-14-27)29-20-23-33(24-21-29)22-10-15-30(34)25-11-6-4-7-12-25/h4-9,11-14,16-19,29,35H,10,15,20-24H2,1-3H3. The summed E-state index contributed by atoms with van der Waals surface area (Å²) in [5, 5.41) is 12.3. The maximum absolute atomic E-state index is 12.4. The lowest BCUT2D eigenvalue weighted by molar-refractivity contribution is -0.0142. The molecule has 184 valence electrons. The molecule has 0 amide bonds. The normalized spacial score (nSPS) is 17.1. The van der Waals surface area contributed by atoms with Gasteiger partial charge in [-0.1, -0.05) is 106 Å². The molecule has 1 N–H and O–H groups in total. The Morgan fingerprint density at radius 3 is 1.89 bits per heavy atom. The maximum atomic E-state index is 12.4. The molecule has 0 aromatic heterocycles. The Balaban J connectivity index is 1.42. The number of hydrogen-bond acceptors (Lipinski definition) is 3. The third kappa shape index (κ3) is 5.91. The van der Waals surface area contributed by atoms with Gasteiger partial charge in [0.2, 0.25) is 0 Å². The van der Waals surface area contributed by atoms with Gasteiger partial charge in [0.05, 0.1) is 0 Å². The summed E-state index contributed by atoms with van der Waals surface area (Å²) in [5.41, 5.74) is 3.09. The average molecular weight is 470 g/mol. The van der Waals surface area contributed by atoms with Crippen LogP contribution in [0.1, 0.15) is 73.5 Å².